The summed E-state index contributed by atoms with van der Waals surface area (Å²) in [5.41, 5.74) is 1.95. The normalized spacial score (nSPS) is 15.2. The average molecular weight is 384 g/mol. The van der Waals surface area contributed by atoms with E-state index in [0.717, 1.165) is 36.6 Å². The van der Waals surface area contributed by atoms with Crippen molar-refractivity contribution in [3.05, 3.63) is 59.5 Å². The molecule has 0 aliphatic carbocycles. The molecular formula is C22H30FN5. The van der Waals surface area contributed by atoms with Crippen molar-refractivity contribution in [3.8, 4) is 0 Å². The van der Waals surface area contributed by atoms with Gasteiger partial charge >= 0.3 is 0 Å². The number of aliphatic imine (C=N–C) groups is 1. The van der Waals surface area contributed by atoms with Crippen LogP contribution in [-0.4, -0.2) is 30.6 Å². The van der Waals surface area contributed by atoms with Crippen molar-refractivity contribution in [1.82, 2.24) is 15.6 Å². The van der Waals surface area contributed by atoms with Crippen LogP contribution >= 0.6 is 0 Å². The zero-order valence-electron chi connectivity index (χ0n) is 16.6. The molecule has 6 heteroatoms. The molecule has 2 aromatic rings. The highest BCUT2D eigenvalue weighted by Crippen LogP contribution is 2.17. The van der Waals surface area contributed by atoms with E-state index in [2.05, 4.69) is 37.6 Å². The summed E-state index contributed by atoms with van der Waals surface area (Å²) in [4.78, 5) is 11.7. The maximum atomic E-state index is 13.3. The number of nitrogens with one attached hydrogen (secondary N) is 2. The smallest absolute Gasteiger partial charge is 0.191 e. The minimum absolute atomic E-state index is 0.225. The first-order valence-corrected chi connectivity index (χ1v) is 10.2. The molecule has 1 aliphatic heterocycles. The van der Waals surface area contributed by atoms with Crippen molar-refractivity contribution in [3.63, 3.8) is 0 Å². The largest absolute Gasteiger partial charge is 0.357 e. The molecule has 2 heterocycles. The van der Waals surface area contributed by atoms with Gasteiger partial charge in [-0.1, -0.05) is 31.0 Å². The van der Waals surface area contributed by atoms with Gasteiger partial charge in [0.05, 0.1) is 6.54 Å². The lowest BCUT2D eigenvalue weighted by atomic mass is 10.2. The van der Waals surface area contributed by atoms with Crippen molar-refractivity contribution in [2.24, 2.45) is 4.99 Å². The van der Waals surface area contributed by atoms with Gasteiger partial charge in [-0.3, -0.25) is 0 Å². The first kappa shape index (κ1) is 20.1. The maximum Gasteiger partial charge on any atom is 0.191 e. The van der Waals surface area contributed by atoms with Crippen molar-refractivity contribution >= 4 is 11.8 Å². The summed E-state index contributed by atoms with van der Waals surface area (Å²) >= 11 is 0. The van der Waals surface area contributed by atoms with Gasteiger partial charge in [0.2, 0.25) is 0 Å². The lowest BCUT2D eigenvalue weighted by molar-refractivity contribution is 0.624. The Kier molecular flexibility index (Phi) is 7.64. The zero-order valence-corrected chi connectivity index (χ0v) is 16.6. The Morgan fingerprint density at radius 2 is 1.89 bits per heavy atom. The number of hydrogen-bond donors (Lipinski definition) is 2. The molecule has 1 saturated heterocycles. The Labute approximate surface area is 167 Å². The molecule has 3 rings (SSSR count). The van der Waals surface area contributed by atoms with Crippen LogP contribution in [-0.2, 0) is 13.1 Å². The van der Waals surface area contributed by atoms with E-state index in [0.29, 0.717) is 19.0 Å². The lowest BCUT2D eigenvalue weighted by Gasteiger charge is -2.21. The van der Waals surface area contributed by atoms with Gasteiger partial charge in [-0.15, -0.1) is 0 Å². The van der Waals surface area contributed by atoms with Crippen LogP contribution in [0.25, 0.3) is 0 Å². The molecule has 1 aromatic heterocycles. The van der Waals surface area contributed by atoms with Crippen LogP contribution < -0.4 is 15.5 Å². The van der Waals surface area contributed by atoms with E-state index in [1.165, 1.54) is 37.8 Å². The molecule has 0 amide bonds. The molecule has 0 saturated carbocycles. The molecule has 1 aromatic carbocycles. The second kappa shape index (κ2) is 10.6. The summed E-state index contributed by atoms with van der Waals surface area (Å²) in [7, 11) is 0. The molecular weight excluding hydrogens is 353 g/mol. The van der Waals surface area contributed by atoms with Gasteiger partial charge in [-0.25, -0.2) is 14.4 Å². The SMILES string of the molecule is CCNC(=NCc1ccc(N2CCCCCC2)nc1)NCc1cccc(F)c1. The fourth-order valence-corrected chi connectivity index (χ4v) is 3.34. The quantitative estimate of drug-likeness (QED) is 0.588. The molecule has 0 atom stereocenters. The summed E-state index contributed by atoms with van der Waals surface area (Å²) in [6.07, 6.45) is 7.05. The Balaban J connectivity index is 1.57. The summed E-state index contributed by atoms with van der Waals surface area (Å²) in [6.45, 7) is 6.05. The van der Waals surface area contributed by atoms with Gasteiger partial charge in [0.1, 0.15) is 11.6 Å². The predicted molar refractivity (Wildman–Crippen MR) is 113 cm³/mol. The van der Waals surface area contributed by atoms with Crippen LogP contribution in [0.4, 0.5) is 10.2 Å². The van der Waals surface area contributed by atoms with Crippen LogP contribution in [0.15, 0.2) is 47.6 Å². The zero-order chi connectivity index (χ0) is 19.6. The van der Waals surface area contributed by atoms with E-state index in [1.807, 2.05) is 19.2 Å². The van der Waals surface area contributed by atoms with E-state index in [9.17, 15) is 4.39 Å². The van der Waals surface area contributed by atoms with Crippen molar-refractivity contribution in [2.75, 3.05) is 24.5 Å². The van der Waals surface area contributed by atoms with Crippen molar-refractivity contribution < 1.29 is 4.39 Å². The Bertz CT molecular complexity index is 752. The highest BCUT2D eigenvalue weighted by Gasteiger charge is 2.10. The number of nitrogens with zero attached hydrogens (tertiary/aromatic N) is 3. The highest BCUT2D eigenvalue weighted by molar-refractivity contribution is 5.79. The van der Waals surface area contributed by atoms with E-state index in [-0.39, 0.29) is 5.82 Å². The van der Waals surface area contributed by atoms with Crippen molar-refractivity contribution in [2.45, 2.75) is 45.7 Å². The minimum Gasteiger partial charge on any atom is -0.357 e. The number of aromatic nitrogens is 1. The fraction of sp³-hybridized carbons (Fsp3) is 0.455. The molecule has 150 valence electrons. The molecule has 0 spiro atoms. The Morgan fingerprint density at radius 3 is 2.57 bits per heavy atom. The number of guanidine groups is 1. The minimum atomic E-state index is -0.225. The van der Waals surface area contributed by atoms with Crippen LogP contribution in [0, 0.1) is 5.82 Å². The topological polar surface area (TPSA) is 52.6 Å². The Hall–Kier alpha value is -2.63. The van der Waals surface area contributed by atoms with Crippen LogP contribution in [0.1, 0.15) is 43.7 Å². The van der Waals surface area contributed by atoms with Crippen LogP contribution in [0.3, 0.4) is 0 Å². The van der Waals surface area contributed by atoms with Gasteiger partial charge in [0.25, 0.3) is 0 Å². The molecule has 0 radical (unpaired) electrons. The third-order valence-corrected chi connectivity index (χ3v) is 4.85. The number of anilines is 1. The van der Waals surface area contributed by atoms with Crippen molar-refractivity contribution in [1.29, 1.82) is 0 Å². The average Bonchev–Trinajstić information content (AvgIpc) is 3.00. The molecule has 1 fully saturated rings. The van der Waals surface area contributed by atoms with Gasteiger partial charge in [0.15, 0.2) is 5.96 Å². The molecule has 1 aliphatic rings. The highest BCUT2D eigenvalue weighted by atomic mass is 19.1. The summed E-state index contributed by atoms with van der Waals surface area (Å²) in [5, 5.41) is 6.47. The van der Waals surface area contributed by atoms with E-state index in [1.54, 1.807) is 6.07 Å². The third-order valence-electron chi connectivity index (χ3n) is 4.85. The van der Waals surface area contributed by atoms with E-state index in [4.69, 9.17) is 0 Å². The molecule has 2 N–H and O–H groups in total. The number of pyridine rings is 1. The molecule has 0 bridgehead atoms. The number of benzene rings is 1. The summed E-state index contributed by atoms with van der Waals surface area (Å²) in [6, 6.07) is 10.8. The standard InChI is InChI=1S/C22H30FN5/c1-2-24-22(26-15-18-8-7-9-20(23)14-18)27-17-19-10-11-21(25-16-19)28-12-5-3-4-6-13-28/h7-11,14,16H,2-6,12-13,15,17H2,1H3,(H2,24,26,27). The molecule has 5 nitrogen and oxygen atoms in total. The maximum absolute atomic E-state index is 13.3. The first-order valence-electron chi connectivity index (χ1n) is 10.2. The fourth-order valence-electron chi connectivity index (χ4n) is 3.34. The van der Waals surface area contributed by atoms with E-state index < -0.39 is 0 Å². The van der Waals surface area contributed by atoms with E-state index >= 15 is 0 Å². The van der Waals surface area contributed by atoms with Gasteiger partial charge in [-0.05, 0) is 49.1 Å². The lowest BCUT2D eigenvalue weighted by Crippen LogP contribution is -2.36. The Morgan fingerprint density at radius 1 is 1.07 bits per heavy atom. The van der Waals surface area contributed by atoms with Gasteiger partial charge in [-0.2, -0.15) is 0 Å². The number of hydrogen-bond acceptors (Lipinski definition) is 3. The second-order valence-corrected chi connectivity index (χ2v) is 7.10. The monoisotopic (exact) mass is 383 g/mol. The second-order valence-electron chi connectivity index (χ2n) is 7.10. The first-order chi connectivity index (χ1) is 13.7. The number of halogens is 1. The molecule has 28 heavy (non-hydrogen) atoms. The predicted octanol–water partition coefficient (Wildman–Crippen LogP) is 3.86. The molecule has 0 unspecified atom stereocenters. The van der Waals surface area contributed by atoms with Gasteiger partial charge in [0, 0.05) is 32.4 Å². The number of rotatable bonds is 6. The van der Waals surface area contributed by atoms with Crippen LogP contribution in [0.5, 0.6) is 0 Å². The van der Waals surface area contributed by atoms with Crippen LogP contribution in [0.2, 0.25) is 0 Å². The van der Waals surface area contributed by atoms with Gasteiger partial charge < -0.3 is 15.5 Å². The third kappa shape index (κ3) is 6.22. The summed E-state index contributed by atoms with van der Waals surface area (Å²) < 4.78 is 13.3. The summed E-state index contributed by atoms with van der Waals surface area (Å²) in [5.74, 6) is 1.55.